The van der Waals surface area contributed by atoms with Crippen LogP contribution in [0.4, 0.5) is 0 Å². The molecule has 0 unspecified atom stereocenters. The maximum absolute atomic E-state index is 10.7. The smallest absolute Gasteiger partial charge is 0.282 e. The summed E-state index contributed by atoms with van der Waals surface area (Å²) in [5.74, 6) is 0. The lowest BCUT2D eigenvalue weighted by Gasteiger charge is -2.03. The molecule has 1 rings (SSSR count). The summed E-state index contributed by atoms with van der Waals surface area (Å²) in [6, 6.07) is 0.250. The summed E-state index contributed by atoms with van der Waals surface area (Å²) in [5, 5.41) is 2.82. The van der Waals surface area contributed by atoms with Crippen LogP contribution in [0.2, 0.25) is 5.02 Å². The molecule has 0 bridgehead atoms. The molecule has 4 heteroatoms. The Morgan fingerprint density at radius 1 is 1.70 bits per heavy atom. The molecular formula is C6H9ClN2O. The first-order valence-electron chi connectivity index (χ1n) is 3.08. The molecule has 0 aliphatic heterocycles. The van der Waals surface area contributed by atoms with Gasteiger partial charge in [-0.25, -0.2) is 0 Å². The van der Waals surface area contributed by atoms with Crippen molar-refractivity contribution < 1.29 is 0 Å². The van der Waals surface area contributed by atoms with Crippen molar-refractivity contribution in [2.45, 2.75) is 19.9 Å². The fraction of sp³-hybridized carbons (Fsp3) is 0.500. The van der Waals surface area contributed by atoms with Crippen LogP contribution in [0.3, 0.4) is 0 Å². The quantitative estimate of drug-likeness (QED) is 0.663. The summed E-state index contributed by atoms with van der Waals surface area (Å²) in [5.41, 5.74) is -0.227. The highest BCUT2D eigenvalue weighted by atomic mass is 35.5. The largest absolute Gasteiger partial charge is 0.288 e. The van der Waals surface area contributed by atoms with Gasteiger partial charge in [-0.05, 0) is 13.8 Å². The Balaban J connectivity index is 3.10. The van der Waals surface area contributed by atoms with E-state index in [2.05, 4.69) is 5.10 Å². The molecule has 0 aliphatic carbocycles. The summed E-state index contributed by atoms with van der Waals surface area (Å²) in [4.78, 5) is 10.7. The van der Waals surface area contributed by atoms with Crippen LogP contribution in [0.5, 0.6) is 0 Å². The van der Waals surface area contributed by atoms with Crippen molar-refractivity contribution >= 4 is 11.6 Å². The number of rotatable bonds is 1. The van der Waals surface area contributed by atoms with Crippen LogP contribution in [-0.4, -0.2) is 9.78 Å². The van der Waals surface area contributed by atoms with Crippen molar-refractivity contribution in [2.24, 2.45) is 0 Å². The Morgan fingerprint density at radius 2 is 2.30 bits per heavy atom. The highest BCUT2D eigenvalue weighted by Crippen LogP contribution is 2.04. The number of nitrogens with one attached hydrogen (secondary N) is 1. The minimum atomic E-state index is -0.227. The molecule has 0 amide bonds. The van der Waals surface area contributed by atoms with Gasteiger partial charge < -0.3 is 0 Å². The van der Waals surface area contributed by atoms with Crippen LogP contribution in [0.1, 0.15) is 19.9 Å². The minimum absolute atomic E-state index is 0.227. The number of nitrogens with zero attached hydrogens (tertiary/aromatic N) is 1. The normalized spacial score (nSPS) is 10.8. The summed E-state index contributed by atoms with van der Waals surface area (Å²) in [6.45, 7) is 3.93. The van der Waals surface area contributed by atoms with E-state index >= 15 is 0 Å². The molecule has 10 heavy (non-hydrogen) atoms. The molecule has 1 aromatic rings. The lowest BCUT2D eigenvalue weighted by atomic mass is 10.4. The lowest BCUT2D eigenvalue weighted by Crippen LogP contribution is -2.07. The first-order valence-corrected chi connectivity index (χ1v) is 3.45. The molecule has 1 N–H and O–H groups in total. The van der Waals surface area contributed by atoms with Gasteiger partial charge in [-0.3, -0.25) is 14.6 Å². The number of aromatic nitrogens is 2. The Kier molecular flexibility index (Phi) is 1.85. The Morgan fingerprint density at radius 3 is 2.50 bits per heavy atom. The molecule has 0 radical (unpaired) electrons. The van der Waals surface area contributed by atoms with Crippen LogP contribution in [0.15, 0.2) is 11.0 Å². The number of aromatic amines is 1. The van der Waals surface area contributed by atoms with Crippen LogP contribution in [0, 0.1) is 0 Å². The highest BCUT2D eigenvalue weighted by Gasteiger charge is 2.01. The predicted molar refractivity (Wildman–Crippen MR) is 40.4 cm³/mol. The van der Waals surface area contributed by atoms with E-state index in [1.54, 1.807) is 10.9 Å². The van der Waals surface area contributed by atoms with Gasteiger partial charge in [0.2, 0.25) is 0 Å². The Labute approximate surface area is 63.6 Å². The molecule has 0 spiro atoms. The summed E-state index contributed by atoms with van der Waals surface area (Å²) in [7, 11) is 0. The molecule has 0 atom stereocenters. The predicted octanol–water partition coefficient (Wildman–Crippen LogP) is 1.41. The first kappa shape index (κ1) is 7.41. The molecule has 0 saturated carbocycles. The number of H-pyrrole nitrogens is 1. The van der Waals surface area contributed by atoms with Crippen molar-refractivity contribution in [1.29, 1.82) is 0 Å². The summed E-state index contributed by atoms with van der Waals surface area (Å²) in [6.07, 6.45) is 1.59. The molecule has 3 nitrogen and oxygen atoms in total. The maximum Gasteiger partial charge on any atom is 0.282 e. The molecule has 0 aliphatic rings. The fourth-order valence-electron chi connectivity index (χ4n) is 0.662. The van der Waals surface area contributed by atoms with Gasteiger partial charge in [0.05, 0.1) is 0 Å². The topological polar surface area (TPSA) is 37.8 Å². The molecule has 0 saturated heterocycles. The van der Waals surface area contributed by atoms with E-state index in [1.807, 2.05) is 13.8 Å². The van der Waals surface area contributed by atoms with E-state index in [9.17, 15) is 4.79 Å². The molecule has 1 aromatic heterocycles. The van der Waals surface area contributed by atoms with Crippen LogP contribution in [0.25, 0.3) is 0 Å². The van der Waals surface area contributed by atoms with Crippen molar-refractivity contribution in [3.8, 4) is 0 Å². The molecule has 1 heterocycles. The lowest BCUT2D eigenvalue weighted by molar-refractivity contribution is 0.528. The number of halogens is 1. The van der Waals surface area contributed by atoms with Gasteiger partial charge >= 0.3 is 0 Å². The van der Waals surface area contributed by atoms with Crippen molar-refractivity contribution in [1.82, 2.24) is 9.78 Å². The van der Waals surface area contributed by atoms with Gasteiger partial charge in [0.15, 0.2) is 0 Å². The van der Waals surface area contributed by atoms with Crippen LogP contribution >= 0.6 is 11.6 Å². The second kappa shape index (κ2) is 2.50. The minimum Gasteiger partial charge on any atom is -0.288 e. The average Bonchev–Trinajstić information content (AvgIpc) is 2.13. The van der Waals surface area contributed by atoms with E-state index in [-0.39, 0.29) is 16.6 Å². The third-order valence-corrected chi connectivity index (χ3v) is 1.53. The zero-order valence-electron chi connectivity index (χ0n) is 5.89. The summed E-state index contributed by atoms with van der Waals surface area (Å²) < 4.78 is 1.67. The molecule has 56 valence electrons. The van der Waals surface area contributed by atoms with E-state index in [4.69, 9.17) is 11.6 Å². The number of hydrogen-bond acceptors (Lipinski definition) is 1. The van der Waals surface area contributed by atoms with E-state index in [1.165, 1.54) is 0 Å². The summed E-state index contributed by atoms with van der Waals surface area (Å²) >= 11 is 5.51. The maximum atomic E-state index is 10.7. The zero-order valence-corrected chi connectivity index (χ0v) is 6.64. The first-order chi connectivity index (χ1) is 4.61. The fourth-order valence-corrected chi connectivity index (χ4v) is 0.809. The Hall–Kier alpha value is -0.700. The zero-order chi connectivity index (χ0) is 7.72. The van der Waals surface area contributed by atoms with Gasteiger partial charge in [-0.2, -0.15) is 0 Å². The second-order valence-corrected chi connectivity index (χ2v) is 2.83. The van der Waals surface area contributed by atoms with Crippen molar-refractivity contribution in [3.63, 3.8) is 0 Å². The van der Waals surface area contributed by atoms with Crippen LogP contribution in [-0.2, 0) is 0 Å². The standard InChI is InChI=1S/C6H9ClN2O/c1-4(2)9-3-5(7)6(10)8-9/h3-4H,1-2H3,(H,8,10). The number of hydrogen-bond donors (Lipinski definition) is 1. The SMILES string of the molecule is CC(C)n1cc(Cl)c(=O)[nH]1. The molecular weight excluding hydrogens is 152 g/mol. The van der Waals surface area contributed by atoms with Gasteiger partial charge in [-0.1, -0.05) is 11.6 Å². The highest BCUT2D eigenvalue weighted by molar-refractivity contribution is 6.30. The van der Waals surface area contributed by atoms with Crippen LogP contribution < -0.4 is 5.56 Å². The van der Waals surface area contributed by atoms with E-state index in [0.29, 0.717) is 0 Å². The second-order valence-electron chi connectivity index (χ2n) is 2.42. The van der Waals surface area contributed by atoms with Gasteiger partial charge in [-0.15, -0.1) is 0 Å². The van der Waals surface area contributed by atoms with E-state index in [0.717, 1.165) is 0 Å². The van der Waals surface area contributed by atoms with Gasteiger partial charge in [0.1, 0.15) is 5.02 Å². The van der Waals surface area contributed by atoms with Crippen molar-refractivity contribution in [2.75, 3.05) is 0 Å². The molecule has 0 aromatic carbocycles. The molecule has 0 fully saturated rings. The Bertz CT molecular complexity index is 274. The van der Waals surface area contributed by atoms with Crippen molar-refractivity contribution in [3.05, 3.63) is 21.6 Å². The van der Waals surface area contributed by atoms with E-state index < -0.39 is 0 Å². The monoisotopic (exact) mass is 160 g/mol. The third kappa shape index (κ3) is 1.24. The van der Waals surface area contributed by atoms with Gasteiger partial charge in [0, 0.05) is 12.2 Å². The van der Waals surface area contributed by atoms with Gasteiger partial charge in [0.25, 0.3) is 5.56 Å². The third-order valence-electron chi connectivity index (χ3n) is 1.26. The average molecular weight is 161 g/mol.